The van der Waals surface area contributed by atoms with Gasteiger partial charge in [0.1, 0.15) is 5.69 Å². The number of hydrogen-bond donors (Lipinski definition) is 1. The summed E-state index contributed by atoms with van der Waals surface area (Å²) in [5, 5.41) is 5.29. The third-order valence-electron chi connectivity index (χ3n) is 4.22. The summed E-state index contributed by atoms with van der Waals surface area (Å²) < 4.78 is 0. The number of aromatic nitrogens is 1. The van der Waals surface area contributed by atoms with Gasteiger partial charge in [-0.2, -0.15) is 0 Å². The Morgan fingerprint density at radius 2 is 1.95 bits per heavy atom. The number of pyridine rings is 1. The van der Waals surface area contributed by atoms with Crippen LogP contribution in [0.5, 0.6) is 0 Å². The van der Waals surface area contributed by atoms with Gasteiger partial charge in [0.15, 0.2) is 0 Å². The van der Waals surface area contributed by atoms with Gasteiger partial charge in [0.05, 0.1) is 0 Å². The molecule has 21 heavy (non-hydrogen) atoms. The molecule has 1 heterocycles. The predicted octanol–water partition coefficient (Wildman–Crippen LogP) is 3.76. The maximum atomic E-state index is 12.4. The predicted molar refractivity (Wildman–Crippen MR) is 85.7 cm³/mol. The Balaban J connectivity index is 1.67. The Hall–Kier alpha value is -1.61. The standard InChI is InChI=1S/C17H19ClN2O/c18-14-7-5-12(6-8-14)11-20-17(21)16-15-4-2-1-3-13(15)9-10-19-16/h1-4,9-10,12,14H,5-8,11H2,(H,20,21). The third-order valence-corrected chi connectivity index (χ3v) is 4.65. The van der Waals surface area contributed by atoms with Gasteiger partial charge in [0.2, 0.25) is 0 Å². The van der Waals surface area contributed by atoms with E-state index < -0.39 is 0 Å². The van der Waals surface area contributed by atoms with Crippen LogP contribution in [0.3, 0.4) is 0 Å². The molecule has 0 aliphatic heterocycles. The second-order valence-electron chi connectivity index (χ2n) is 5.71. The van der Waals surface area contributed by atoms with Crippen molar-refractivity contribution in [2.24, 2.45) is 5.92 Å². The molecule has 1 aromatic heterocycles. The Morgan fingerprint density at radius 1 is 1.19 bits per heavy atom. The molecule has 0 bridgehead atoms. The Kier molecular flexibility index (Phi) is 4.39. The van der Waals surface area contributed by atoms with E-state index in [0.717, 1.165) is 36.5 Å². The highest BCUT2D eigenvalue weighted by Gasteiger charge is 2.20. The molecule has 4 heteroatoms. The molecule has 0 unspecified atom stereocenters. The van der Waals surface area contributed by atoms with Crippen molar-refractivity contribution < 1.29 is 4.79 Å². The molecule has 0 atom stereocenters. The van der Waals surface area contributed by atoms with Gasteiger partial charge < -0.3 is 5.32 Å². The van der Waals surface area contributed by atoms with Gasteiger partial charge in [-0.3, -0.25) is 9.78 Å². The van der Waals surface area contributed by atoms with Crippen molar-refractivity contribution in [3.8, 4) is 0 Å². The van der Waals surface area contributed by atoms with Crippen LogP contribution in [0.1, 0.15) is 36.2 Å². The van der Waals surface area contributed by atoms with Crippen LogP contribution in [0.2, 0.25) is 0 Å². The number of halogens is 1. The monoisotopic (exact) mass is 302 g/mol. The molecule has 1 fully saturated rings. The lowest BCUT2D eigenvalue weighted by Crippen LogP contribution is -2.32. The molecule has 1 aromatic carbocycles. The quantitative estimate of drug-likeness (QED) is 0.877. The molecule has 3 nitrogen and oxygen atoms in total. The first-order chi connectivity index (χ1) is 10.2. The van der Waals surface area contributed by atoms with Crippen molar-refractivity contribution in [3.05, 3.63) is 42.2 Å². The van der Waals surface area contributed by atoms with E-state index in [1.807, 2.05) is 30.3 Å². The SMILES string of the molecule is O=C(NCC1CCC(Cl)CC1)c1nccc2ccccc12. The smallest absolute Gasteiger partial charge is 0.270 e. The van der Waals surface area contributed by atoms with Crippen LogP contribution < -0.4 is 5.32 Å². The zero-order valence-corrected chi connectivity index (χ0v) is 12.6. The van der Waals surface area contributed by atoms with Crippen molar-refractivity contribution in [1.82, 2.24) is 10.3 Å². The number of fused-ring (bicyclic) bond motifs is 1. The highest BCUT2D eigenvalue weighted by Crippen LogP contribution is 2.27. The van der Waals surface area contributed by atoms with Crippen LogP contribution in [0.25, 0.3) is 10.8 Å². The summed E-state index contributed by atoms with van der Waals surface area (Å²) in [6, 6.07) is 9.76. The molecule has 2 aromatic rings. The maximum Gasteiger partial charge on any atom is 0.270 e. The van der Waals surface area contributed by atoms with Crippen LogP contribution in [0.15, 0.2) is 36.5 Å². The zero-order valence-electron chi connectivity index (χ0n) is 11.9. The molecule has 1 aliphatic rings. The maximum absolute atomic E-state index is 12.4. The number of rotatable bonds is 3. The molecule has 1 aliphatic carbocycles. The highest BCUT2D eigenvalue weighted by molar-refractivity contribution is 6.20. The number of carbonyl (C=O) groups excluding carboxylic acids is 1. The van der Waals surface area contributed by atoms with Gasteiger partial charge in [-0.1, -0.05) is 24.3 Å². The fourth-order valence-electron chi connectivity index (χ4n) is 2.95. The Morgan fingerprint density at radius 3 is 2.76 bits per heavy atom. The Labute approximate surface area is 129 Å². The van der Waals surface area contributed by atoms with Crippen LogP contribution in [-0.4, -0.2) is 22.8 Å². The normalized spacial score (nSPS) is 22.1. The van der Waals surface area contributed by atoms with Crippen LogP contribution in [-0.2, 0) is 0 Å². The lowest BCUT2D eigenvalue weighted by molar-refractivity contribution is 0.0940. The van der Waals surface area contributed by atoms with Gasteiger partial charge in [-0.25, -0.2) is 0 Å². The number of alkyl halides is 1. The lowest BCUT2D eigenvalue weighted by Gasteiger charge is -2.25. The molecule has 0 radical (unpaired) electrons. The zero-order chi connectivity index (χ0) is 14.7. The summed E-state index contributed by atoms with van der Waals surface area (Å²) in [5.41, 5.74) is 0.513. The van der Waals surface area contributed by atoms with E-state index in [9.17, 15) is 4.79 Å². The first-order valence-electron chi connectivity index (χ1n) is 7.50. The molecule has 1 saturated carbocycles. The fraction of sp³-hybridized carbons (Fsp3) is 0.412. The van der Waals surface area contributed by atoms with Gasteiger partial charge in [0, 0.05) is 23.5 Å². The summed E-state index contributed by atoms with van der Waals surface area (Å²) in [7, 11) is 0. The van der Waals surface area contributed by atoms with Crippen LogP contribution >= 0.6 is 11.6 Å². The first-order valence-corrected chi connectivity index (χ1v) is 7.93. The van der Waals surface area contributed by atoms with E-state index in [-0.39, 0.29) is 5.91 Å². The van der Waals surface area contributed by atoms with Crippen molar-refractivity contribution in [2.45, 2.75) is 31.1 Å². The molecular formula is C17H19ClN2O. The number of benzene rings is 1. The molecule has 0 saturated heterocycles. The fourth-order valence-corrected chi connectivity index (χ4v) is 3.20. The van der Waals surface area contributed by atoms with E-state index in [2.05, 4.69) is 10.3 Å². The summed E-state index contributed by atoms with van der Waals surface area (Å²) in [4.78, 5) is 16.6. The van der Waals surface area contributed by atoms with E-state index in [1.165, 1.54) is 0 Å². The topological polar surface area (TPSA) is 42.0 Å². The van der Waals surface area contributed by atoms with Crippen molar-refractivity contribution >= 4 is 28.3 Å². The summed E-state index contributed by atoms with van der Waals surface area (Å²) in [6.07, 6.45) is 5.98. The largest absolute Gasteiger partial charge is 0.350 e. The minimum atomic E-state index is -0.0835. The van der Waals surface area contributed by atoms with E-state index in [1.54, 1.807) is 6.20 Å². The summed E-state index contributed by atoms with van der Waals surface area (Å²) >= 11 is 6.11. The molecular weight excluding hydrogens is 284 g/mol. The second kappa shape index (κ2) is 6.44. The summed E-state index contributed by atoms with van der Waals surface area (Å²) in [5.74, 6) is 0.457. The summed E-state index contributed by atoms with van der Waals surface area (Å²) in [6.45, 7) is 0.716. The minimum Gasteiger partial charge on any atom is -0.350 e. The number of carbonyl (C=O) groups is 1. The van der Waals surface area contributed by atoms with Crippen molar-refractivity contribution in [2.75, 3.05) is 6.54 Å². The van der Waals surface area contributed by atoms with E-state index in [4.69, 9.17) is 11.6 Å². The van der Waals surface area contributed by atoms with Crippen molar-refractivity contribution in [1.29, 1.82) is 0 Å². The Bertz CT molecular complexity index is 630. The lowest BCUT2D eigenvalue weighted by atomic mass is 9.89. The number of nitrogens with one attached hydrogen (secondary N) is 1. The molecule has 1 N–H and O–H groups in total. The van der Waals surface area contributed by atoms with Gasteiger partial charge in [-0.15, -0.1) is 11.6 Å². The second-order valence-corrected chi connectivity index (χ2v) is 6.33. The number of nitrogens with zero attached hydrogens (tertiary/aromatic N) is 1. The van der Waals surface area contributed by atoms with Gasteiger partial charge in [0.25, 0.3) is 5.91 Å². The van der Waals surface area contributed by atoms with E-state index in [0.29, 0.717) is 23.5 Å². The molecule has 3 rings (SSSR count). The van der Waals surface area contributed by atoms with E-state index >= 15 is 0 Å². The highest BCUT2D eigenvalue weighted by atomic mass is 35.5. The number of hydrogen-bond acceptors (Lipinski definition) is 2. The molecule has 110 valence electrons. The van der Waals surface area contributed by atoms with Crippen molar-refractivity contribution in [3.63, 3.8) is 0 Å². The average molecular weight is 303 g/mol. The van der Waals surface area contributed by atoms with Gasteiger partial charge >= 0.3 is 0 Å². The molecule has 1 amide bonds. The minimum absolute atomic E-state index is 0.0835. The van der Waals surface area contributed by atoms with Crippen LogP contribution in [0, 0.1) is 5.92 Å². The average Bonchev–Trinajstić information content (AvgIpc) is 2.53. The third kappa shape index (κ3) is 3.35. The van der Waals surface area contributed by atoms with Gasteiger partial charge in [-0.05, 0) is 43.1 Å². The first kappa shape index (κ1) is 14.3. The molecule has 0 spiro atoms. The van der Waals surface area contributed by atoms with Crippen LogP contribution in [0.4, 0.5) is 0 Å². The number of amides is 1.